The van der Waals surface area contributed by atoms with Crippen LogP contribution in [0.25, 0.3) is 55.4 Å². The molecule has 0 fully saturated rings. The highest BCUT2D eigenvalue weighted by Gasteiger charge is 2.24. The van der Waals surface area contributed by atoms with Crippen LogP contribution in [0.2, 0.25) is 0 Å². The highest BCUT2D eigenvalue weighted by Crippen LogP contribution is 2.49. The summed E-state index contributed by atoms with van der Waals surface area (Å²) >= 11 is 0. The Labute approximate surface area is 208 Å². The maximum atomic E-state index is 12.6. The van der Waals surface area contributed by atoms with Gasteiger partial charge in [0.2, 0.25) is 0 Å². The molecule has 0 amide bonds. The summed E-state index contributed by atoms with van der Waals surface area (Å²) in [5.41, 5.74) is 6.23. The Morgan fingerprint density at radius 2 is 1.06 bits per heavy atom. The number of hydrogen-bond acceptors (Lipinski definition) is 3. The van der Waals surface area contributed by atoms with Gasteiger partial charge in [0.15, 0.2) is 0 Å². The number of aromatic nitrogens is 2. The molecule has 36 heavy (non-hydrogen) atoms. The number of nitrogens with zero attached hydrogens (tertiary/aromatic N) is 1. The highest BCUT2D eigenvalue weighted by molar-refractivity contribution is 6.05. The molecule has 0 unspecified atom stereocenters. The first kappa shape index (κ1) is 21.6. The first-order valence-corrected chi connectivity index (χ1v) is 11.8. The molecule has 0 aliphatic heterocycles. The van der Waals surface area contributed by atoms with E-state index in [0.717, 1.165) is 38.8 Å². The smallest absolute Gasteiger partial charge is 0.272 e. The molecule has 6 aromatic rings. The molecule has 4 nitrogen and oxygen atoms in total. The van der Waals surface area contributed by atoms with Gasteiger partial charge in [0.25, 0.3) is 5.56 Å². The predicted molar refractivity (Wildman–Crippen MR) is 146 cm³/mol. The molecule has 0 atom stereocenters. The zero-order valence-corrected chi connectivity index (χ0v) is 19.3. The molecule has 0 spiro atoms. The summed E-state index contributed by atoms with van der Waals surface area (Å²) in [4.78, 5) is 12.6. The molecule has 0 radical (unpaired) electrons. The first-order valence-electron chi connectivity index (χ1n) is 11.8. The van der Waals surface area contributed by atoms with Crippen LogP contribution in [0.15, 0.2) is 126 Å². The van der Waals surface area contributed by atoms with Gasteiger partial charge in [-0.05, 0) is 28.8 Å². The van der Waals surface area contributed by atoms with Gasteiger partial charge in [-0.2, -0.15) is 5.10 Å². The van der Waals surface area contributed by atoms with Crippen LogP contribution >= 0.6 is 0 Å². The van der Waals surface area contributed by atoms with E-state index in [2.05, 4.69) is 10.2 Å². The fourth-order valence-electron chi connectivity index (χ4n) is 4.81. The van der Waals surface area contributed by atoms with E-state index in [0.29, 0.717) is 16.6 Å². The molecule has 0 aliphatic carbocycles. The second-order valence-corrected chi connectivity index (χ2v) is 8.62. The Morgan fingerprint density at radius 3 is 1.67 bits per heavy atom. The van der Waals surface area contributed by atoms with E-state index in [1.54, 1.807) is 6.07 Å². The lowest BCUT2D eigenvalue weighted by atomic mass is 9.84. The average molecular weight is 467 g/mol. The molecule has 5 aromatic carbocycles. The summed E-state index contributed by atoms with van der Waals surface area (Å²) in [7, 11) is 0. The van der Waals surface area contributed by atoms with Gasteiger partial charge >= 0.3 is 0 Å². The van der Waals surface area contributed by atoms with Gasteiger partial charge in [0.1, 0.15) is 5.75 Å². The van der Waals surface area contributed by atoms with Gasteiger partial charge in [-0.1, -0.05) is 109 Å². The van der Waals surface area contributed by atoms with Crippen molar-refractivity contribution in [2.24, 2.45) is 0 Å². The van der Waals surface area contributed by atoms with E-state index in [4.69, 9.17) is 0 Å². The van der Waals surface area contributed by atoms with Crippen molar-refractivity contribution in [3.8, 4) is 50.4 Å². The maximum Gasteiger partial charge on any atom is 0.272 e. The first-order chi connectivity index (χ1) is 17.7. The van der Waals surface area contributed by atoms with Crippen LogP contribution < -0.4 is 5.56 Å². The van der Waals surface area contributed by atoms with Gasteiger partial charge < -0.3 is 5.11 Å². The van der Waals surface area contributed by atoms with Crippen LogP contribution in [0.1, 0.15) is 0 Å². The summed E-state index contributed by atoms with van der Waals surface area (Å²) in [6, 6.07) is 39.1. The molecule has 0 saturated heterocycles. The number of phenols is 1. The third-order valence-electron chi connectivity index (χ3n) is 6.46. The van der Waals surface area contributed by atoms with Crippen LogP contribution in [0, 0.1) is 0 Å². The molecule has 0 saturated carbocycles. The van der Waals surface area contributed by atoms with Gasteiger partial charge in [0, 0.05) is 27.6 Å². The van der Waals surface area contributed by atoms with E-state index >= 15 is 0 Å². The third-order valence-corrected chi connectivity index (χ3v) is 6.46. The van der Waals surface area contributed by atoms with Crippen molar-refractivity contribution in [3.05, 3.63) is 132 Å². The maximum absolute atomic E-state index is 12.6. The van der Waals surface area contributed by atoms with E-state index in [-0.39, 0.29) is 11.3 Å². The largest absolute Gasteiger partial charge is 0.507 e. The number of H-pyrrole nitrogens is 1. The Bertz CT molecular complexity index is 1740. The molecular formula is C32H22N2O2. The van der Waals surface area contributed by atoms with Crippen LogP contribution in [0.5, 0.6) is 5.75 Å². The van der Waals surface area contributed by atoms with Crippen molar-refractivity contribution >= 4 is 10.8 Å². The van der Waals surface area contributed by atoms with Crippen molar-refractivity contribution in [2.45, 2.75) is 0 Å². The number of aromatic amines is 1. The van der Waals surface area contributed by atoms with Crippen molar-refractivity contribution in [3.63, 3.8) is 0 Å². The standard InChI is InChI=1S/C32H22N2O2/c35-31-26(21-12-4-1-5-13-21)20-27(30-24-18-10-11-19-25(24)32(36)34-33-30)28(22-14-6-2-7-15-22)29(31)23-16-8-3-9-17-23/h1-20,35H,(H,34,36). The second kappa shape index (κ2) is 9.01. The molecule has 0 bridgehead atoms. The van der Waals surface area contributed by atoms with Crippen LogP contribution in [0.4, 0.5) is 0 Å². The summed E-state index contributed by atoms with van der Waals surface area (Å²) in [6.07, 6.45) is 0. The van der Waals surface area contributed by atoms with Gasteiger partial charge in [-0.25, -0.2) is 5.10 Å². The number of nitrogens with one attached hydrogen (secondary N) is 1. The molecular weight excluding hydrogens is 444 g/mol. The topological polar surface area (TPSA) is 66.0 Å². The number of hydrogen-bond donors (Lipinski definition) is 2. The lowest BCUT2D eigenvalue weighted by molar-refractivity contribution is 0.479. The summed E-state index contributed by atoms with van der Waals surface area (Å²) in [6.45, 7) is 0. The molecule has 0 aliphatic rings. The fourth-order valence-corrected chi connectivity index (χ4v) is 4.81. The SMILES string of the molecule is O=c1[nH]nc(-c2cc(-c3ccccc3)c(O)c(-c3ccccc3)c2-c2ccccc2)c2ccccc12. The van der Waals surface area contributed by atoms with Crippen molar-refractivity contribution in [1.82, 2.24) is 10.2 Å². The fraction of sp³-hybridized carbons (Fsp3) is 0. The van der Waals surface area contributed by atoms with Crippen LogP contribution in [-0.2, 0) is 0 Å². The Morgan fingerprint density at radius 1 is 0.556 bits per heavy atom. The minimum atomic E-state index is -0.235. The zero-order chi connectivity index (χ0) is 24.5. The van der Waals surface area contributed by atoms with Gasteiger partial charge in [-0.15, -0.1) is 0 Å². The number of fused-ring (bicyclic) bond motifs is 1. The average Bonchev–Trinajstić information content (AvgIpc) is 2.95. The lowest BCUT2D eigenvalue weighted by Crippen LogP contribution is -2.09. The van der Waals surface area contributed by atoms with Crippen molar-refractivity contribution in [2.75, 3.05) is 0 Å². The zero-order valence-electron chi connectivity index (χ0n) is 19.3. The normalized spacial score (nSPS) is 11.0. The number of rotatable bonds is 4. The number of phenolic OH excluding ortho intramolecular Hbond substituents is 1. The van der Waals surface area contributed by atoms with Crippen molar-refractivity contribution < 1.29 is 5.11 Å². The Balaban J connectivity index is 1.82. The van der Waals surface area contributed by atoms with Gasteiger partial charge in [0.05, 0.1) is 11.1 Å². The highest BCUT2D eigenvalue weighted by atomic mass is 16.3. The third kappa shape index (κ3) is 3.65. The molecule has 4 heteroatoms. The molecule has 6 rings (SSSR count). The molecule has 1 heterocycles. The molecule has 172 valence electrons. The minimum Gasteiger partial charge on any atom is -0.507 e. The number of aromatic hydroxyl groups is 1. The monoisotopic (exact) mass is 466 g/mol. The minimum absolute atomic E-state index is 0.198. The summed E-state index contributed by atoms with van der Waals surface area (Å²) < 4.78 is 0. The Kier molecular flexibility index (Phi) is 5.39. The lowest BCUT2D eigenvalue weighted by Gasteiger charge is -2.21. The van der Waals surface area contributed by atoms with E-state index < -0.39 is 0 Å². The quantitative estimate of drug-likeness (QED) is 0.287. The van der Waals surface area contributed by atoms with Crippen molar-refractivity contribution in [1.29, 1.82) is 0 Å². The van der Waals surface area contributed by atoms with E-state index in [1.165, 1.54) is 0 Å². The molecule has 2 N–H and O–H groups in total. The number of benzene rings is 5. The summed E-state index contributed by atoms with van der Waals surface area (Å²) in [5, 5.41) is 20.3. The van der Waals surface area contributed by atoms with Crippen LogP contribution in [-0.4, -0.2) is 15.3 Å². The van der Waals surface area contributed by atoms with Crippen LogP contribution in [0.3, 0.4) is 0 Å². The molecule has 1 aromatic heterocycles. The second-order valence-electron chi connectivity index (χ2n) is 8.62. The summed E-state index contributed by atoms with van der Waals surface area (Å²) in [5.74, 6) is 0.198. The van der Waals surface area contributed by atoms with E-state index in [1.807, 2.05) is 115 Å². The Hall–Kier alpha value is -4.96. The van der Waals surface area contributed by atoms with E-state index in [9.17, 15) is 9.90 Å². The van der Waals surface area contributed by atoms with Gasteiger partial charge in [-0.3, -0.25) is 4.79 Å². The predicted octanol–water partition coefficient (Wildman–Crippen LogP) is 7.30.